The number of carbonyl (C=O) groups is 2. The number of benzene rings is 2. The van der Waals surface area contributed by atoms with Crippen molar-refractivity contribution in [1.29, 1.82) is 0 Å². The predicted octanol–water partition coefficient (Wildman–Crippen LogP) is 3.55. The largest absolute Gasteiger partial charge is 0.493 e. The lowest BCUT2D eigenvalue weighted by molar-refractivity contribution is 0.102. The zero-order valence-electron chi connectivity index (χ0n) is 17.6. The van der Waals surface area contributed by atoms with Crippen molar-refractivity contribution in [3.63, 3.8) is 0 Å². The van der Waals surface area contributed by atoms with Gasteiger partial charge >= 0.3 is 6.09 Å². The van der Waals surface area contributed by atoms with Crippen molar-refractivity contribution >= 4 is 34.7 Å². The van der Waals surface area contributed by atoms with E-state index in [4.69, 9.17) is 19.9 Å². The Kier molecular flexibility index (Phi) is 6.13. The predicted molar refractivity (Wildman–Crippen MR) is 121 cm³/mol. The molecule has 0 saturated heterocycles. The maximum absolute atomic E-state index is 12.7. The van der Waals surface area contributed by atoms with E-state index >= 15 is 0 Å². The van der Waals surface area contributed by atoms with E-state index in [-0.39, 0.29) is 5.91 Å². The molecule has 0 radical (unpaired) electrons. The van der Waals surface area contributed by atoms with Crippen molar-refractivity contribution in [2.75, 3.05) is 31.8 Å². The fourth-order valence-corrected chi connectivity index (χ4v) is 4.30. The summed E-state index contributed by atoms with van der Waals surface area (Å²) in [7, 11) is 3.05. The summed E-state index contributed by atoms with van der Waals surface area (Å²) < 4.78 is 15.9. The molecule has 1 aliphatic heterocycles. The average molecular weight is 455 g/mol. The van der Waals surface area contributed by atoms with Crippen LogP contribution in [0.1, 0.15) is 20.4 Å². The number of methoxy groups -OCH3 is 2. The minimum absolute atomic E-state index is 0.319. The maximum atomic E-state index is 12.7. The van der Waals surface area contributed by atoms with Crippen LogP contribution in [0.2, 0.25) is 0 Å². The van der Waals surface area contributed by atoms with Crippen molar-refractivity contribution in [3.05, 3.63) is 58.0 Å². The van der Waals surface area contributed by atoms with Crippen LogP contribution in [0, 0.1) is 0 Å². The first kappa shape index (κ1) is 21.4. The molecule has 0 saturated carbocycles. The van der Waals surface area contributed by atoms with Crippen molar-refractivity contribution in [2.45, 2.75) is 13.0 Å². The molecule has 0 atom stereocenters. The molecule has 2 amide bonds. The van der Waals surface area contributed by atoms with Gasteiger partial charge in [0.05, 0.1) is 37.8 Å². The number of fused-ring (bicyclic) bond motifs is 1. The van der Waals surface area contributed by atoms with E-state index in [1.54, 1.807) is 47.4 Å². The highest BCUT2D eigenvalue weighted by Gasteiger charge is 2.27. The Morgan fingerprint density at radius 3 is 2.66 bits per heavy atom. The minimum Gasteiger partial charge on any atom is -0.493 e. The lowest BCUT2D eigenvalue weighted by Crippen LogP contribution is -2.37. The van der Waals surface area contributed by atoms with Crippen molar-refractivity contribution in [1.82, 2.24) is 9.88 Å². The second-order valence-electron chi connectivity index (χ2n) is 6.99. The van der Waals surface area contributed by atoms with Gasteiger partial charge in [0.25, 0.3) is 5.91 Å². The van der Waals surface area contributed by atoms with E-state index in [2.05, 4.69) is 10.3 Å². The standard InChI is InChI=1S/C22H22N4O5S/c1-29-17-8-7-13(11-18(17)30-2)31-22(28)26-10-9-16-19(12-26)32-21(25-16)20(27)24-15-6-4-3-5-14(15)23/h3-8,11H,9-10,12,23H2,1-2H3,(H,24,27). The van der Waals surface area contributed by atoms with Crippen LogP contribution in [0.25, 0.3) is 0 Å². The van der Waals surface area contributed by atoms with Gasteiger partial charge in [-0.2, -0.15) is 0 Å². The zero-order valence-corrected chi connectivity index (χ0v) is 18.4. The number of para-hydroxylation sites is 2. The summed E-state index contributed by atoms with van der Waals surface area (Å²) in [6, 6.07) is 11.9. The summed E-state index contributed by atoms with van der Waals surface area (Å²) in [5, 5.41) is 3.11. The number of nitrogen functional groups attached to an aromatic ring is 1. The quantitative estimate of drug-likeness (QED) is 0.566. The number of hydrogen-bond donors (Lipinski definition) is 2. The Morgan fingerprint density at radius 2 is 1.91 bits per heavy atom. The Labute approximate surface area is 188 Å². The van der Waals surface area contributed by atoms with Crippen molar-refractivity contribution in [3.8, 4) is 17.2 Å². The zero-order chi connectivity index (χ0) is 22.7. The molecule has 1 aliphatic rings. The normalized spacial score (nSPS) is 12.6. The van der Waals surface area contributed by atoms with Crippen molar-refractivity contribution < 1.29 is 23.8 Å². The number of anilines is 2. The second-order valence-corrected chi connectivity index (χ2v) is 8.07. The highest BCUT2D eigenvalue weighted by Crippen LogP contribution is 2.32. The molecule has 32 heavy (non-hydrogen) atoms. The van der Waals surface area contributed by atoms with E-state index in [0.29, 0.717) is 53.1 Å². The number of thiazole rings is 1. The molecule has 1 aromatic heterocycles. The van der Waals surface area contributed by atoms with Crippen LogP contribution < -0.4 is 25.3 Å². The molecule has 166 valence electrons. The van der Waals surface area contributed by atoms with Gasteiger partial charge in [0, 0.05) is 23.9 Å². The third-order valence-electron chi connectivity index (χ3n) is 4.95. The molecule has 0 aliphatic carbocycles. The molecule has 10 heteroatoms. The molecule has 0 spiro atoms. The number of ether oxygens (including phenoxy) is 3. The fraction of sp³-hybridized carbons (Fsp3) is 0.227. The number of aromatic nitrogens is 1. The number of nitrogens with zero attached hydrogens (tertiary/aromatic N) is 2. The van der Waals surface area contributed by atoms with Crippen LogP contribution in [0.4, 0.5) is 16.2 Å². The van der Waals surface area contributed by atoms with Gasteiger partial charge in [0.15, 0.2) is 16.5 Å². The van der Waals surface area contributed by atoms with Crippen molar-refractivity contribution in [2.24, 2.45) is 0 Å². The molecular formula is C22H22N4O5S. The Bertz CT molecular complexity index is 1160. The van der Waals surface area contributed by atoms with E-state index in [9.17, 15) is 9.59 Å². The first-order valence-corrected chi connectivity index (χ1v) is 10.6. The Hall–Kier alpha value is -3.79. The molecule has 0 bridgehead atoms. The van der Waals surface area contributed by atoms with E-state index in [0.717, 1.165) is 10.6 Å². The highest BCUT2D eigenvalue weighted by molar-refractivity contribution is 7.13. The molecule has 2 aromatic carbocycles. The monoisotopic (exact) mass is 454 g/mol. The van der Waals surface area contributed by atoms with Gasteiger partial charge in [-0.05, 0) is 24.3 Å². The summed E-state index contributed by atoms with van der Waals surface area (Å²) in [6.07, 6.45) is 0.0486. The van der Waals surface area contributed by atoms with E-state index < -0.39 is 6.09 Å². The summed E-state index contributed by atoms with van der Waals surface area (Å²) in [5.74, 6) is 1.03. The van der Waals surface area contributed by atoms with Crippen LogP contribution in [-0.4, -0.2) is 42.6 Å². The molecule has 0 fully saturated rings. The molecule has 2 heterocycles. The number of hydrogen-bond acceptors (Lipinski definition) is 8. The second kappa shape index (κ2) is 9.15. The first-order valence-electron chi connectivity index (χ1n) is 9.81. The number of nitrogens with one attached hydrogen (secondary N) is 1. The topological polar surface area (TPSA) is 116 Å². The first-order chi connectivity index (χ1) is 15.5. The Balaban J connectivity index is 1.42. The molecule has 0 unspecified atom stereocenters. The number of carbonyl (C=O) groups excluding carboxylic acids is 2. The van der Waals surface area contributed by atoms with Gasteiger partial charge in [0.1, 0.15) is 5.75 Å². The van der Waals surface area contributed by atoms with Crippen LogP contribution in [0.3, 0.4) is 0 Å². The average Bonchev–Trinajstić information content (AvgIpc) is 3.24. The molecule has 4 rings (SSSR count). The number of amides is 2. The van der Waals surface area contributed by atoms with Crippen LogP contribution >= 0.6 is 11.3 Å². The maximum Gasteiger partial charge on any atom is 0.415 e. The Morgan fingerprint density at radius 1 is 1.12 bits per heavy atom. The van der Waals surface area contributed by atoms with Gasteiger partial charge in [-0.25, -0.2) is 9.78 Å². The third-order valence-corrected chi connectivity index (χ3v) is 6.03. The minimum atomic E-state index is -0.487. The summed E-state index contributed by atoms with van der Waals surface area (Å²) >= 11 is 1.26. The summed E-state index contributed by atoms with van der Waals surface area (Å²) in [6.45, 7) is 0.759. The SMILES string of the molecule is COc1ccc(OC(=O)N2CCc3nc(C(=O)Nc4ccccc4N)sc3C2)cc1OC. The molecule has 9 nitrogen and oxygen atoms in total. The van der Waals surface area contributed by atoms with Gasteiger partial charge in [-0.1, -0.05) is 12.1 Å². The molecule has 3 N–H and O–H groups in total. The lowest BCUT2D eigenvalue weighted by Gasteiger charge is -2.25. The number of nitrogens with two attached hydrogens (primary N) is 1. The molecule has 3 aromatic rings. The van der Waals surface area contributed by atoms with E-state index in [1.807, 2.05) is 0 Å². The van der Waals surface area contributed by atoms with Crippen LogP contribution in [-0.2, 0) is 13.0 Å². The summed E-state index contributed by atoms with van der Waals surface area (Å²) in [5.41, 5.74) is 7.72. The van der Waals surface area contributed by atoms with Gasteiger partial charge in [-0.3, -0.25) is 4.79 Å². The third kappa shape index (κ3) is 4.45. The van der Waals surface area contributed by atoms with E-state index in [1.165, 1.54) is 25.6 Å². The van der Waals surface area contributed by atoms with Gasteiger partial charge in [0.2, 0.25) is 0 Å². The summed E-state index contributed by atoms with van der Waals surface area (Å²) in [4.78, 5) is 32.2. The van der Waals surface area contributed by atoms with Gasteiger partial charge < -0.3 is 30.2 Å². The molecular weight excluding hydrogens is 432 g/mol. The lowest BCUT2D eigenvalue weighted by atomic mass is 10.2. The smallest absolute Gasteiger partial charge is 0.415 e. The van der Waals surface area contributed by atoms with Crippen LogP contribution in [0.5, 0.6) is 17.2 Å². The number of rotatable bonds is 5. The van der Waals surface area contributed by atoms with Crippen LogP contribution in [0.15, 0.2) is 42.5 Å². The fourth-order valence-electron chi connectivity index (χ4n) is 3.28. The highest BCUT2D eigenvalue weighted by atomic mass is 32.1. The van der Waals surface area contributed by atoms with Gasteiger partial charge in [-0.15, -0.1) is 11.3 Å².